The minimum absolute atomic E-state index is 0.0173. The highest BCUT2D eigenvalue weighted by Crippen LogP contribution is 2.41. The molecule has 148 valence electrons. The quantitative estimate of drug-likeness (QED) is 0.624. The number of halogens is 1. The molecule has 1 saturated heterocycles. The predicted octanol–water partition coefficient (Wildman–Crippen LogP) is 3.18. The van der Waals surface area contributed by atoms with E-state index in [1.165, 1.54) is 4.90 Å². The Hall–Kier alpha value is -2.64. The molecule has 0 aliphatic carbocycles. The van der Waals surface area contributed by atoms with E-state index in [-0.39, 0.29) is 28.3 Å². The van der Waals surface area contributed by atoms with Gasteiger partial charge in [-0.1, -0.05) is 35.9 Å². The van der Waals surface area contributed by atoms with Crippen molar-refractivity contribution < 1.29 is 17.6 Å². The molecular formula is C21H16ClNO5S. The average Bonchev–Trinajstić information content (AvgIpc) is 3.19. The Kier molecular flexibility index (Phi) is 4.08. The van der Waals surface area contributed by atoms with Crippen LogP contribution in [0.5, 0.6) is 0 Å². The topological polar surface area (TPSA) is 84.7 Å². The Bertz CT molecular complexity index is 1330. The SMILES string of the molecule is O=C1c2oc3ccccc3c(=O)c2C(c2cccc(Cl)c2)N1C1CCS(=O)(=O)C1. The van der Waals surface area contributed by atoms with Crippen molar-refractivity contribution in [2.45, 2.75) is 18.5 Å². The van der Waals surface area contributed by atoms with Gasteiger partial charge in [0.2, 0.25) is 5.76 Å². The molecule has 2 aliphatic heterocycles. The zero-order valence-electron chi connectivity index (χ0n) is 15.2. The maximum atomic E-state index is 13.3. The molecule has 1 amide bonds. The molecule has 0 radical (unpaired) electrons. The van der Waals surface area contributed by atoms with Gasteiger partial charge in [-0.2, -0.15) is 0 Å². The Morgan fingerprint density at radius 1 is 1.07 bits per heavy atom. The summed E-state index contributed by atoms with van der Waals surface area (Å²) in [6.45, 7) is 0. The van der Waals surface area contributed by atoms with E-state index in [2.05, 4.69) is 0 Å². The van der Waals surface area contributed by atoms with Gasteiger partial charge in [-0.25, -0.2) is 8.42 Å². The number of carbonyl (C=O) groups is 1. The summed E-state index contributed by atoms with van der Waals surface area (Å²) < 4.78 is 30.0. The lowest BCUT2D eigenvalue weighted by atomic mass is 9.97. The number of rotatable bonds is 2. The van der Waals surface area contributed by atoms with Crippen molar-refractivity contribution in [1.29, 1.82) is 0 Å². The lowest BCUT2D eigenvalue weighted by Crippen LogP contribution is -2.40. The van der Waals surface area contributed by atoms with Crippen LogP contribution < -0.4 is 5.43 Å². The van der Waals surface area contributed by atoms with Crippen LogP contribution in [-0.2, 0) is 9.84 Å². The summed E-state index contributed by atoms with van der Waals surface area (Å²) >= 11 is 6.17. The van der Waals surface area contributed by atoms with E-state index >= 15 is 0 Å². The Labute approximate surface area is 171 Å². The molecule has 29 heavy (non-hydrogen) atoms. The van der Waals surface area contributed by atoms with Gasteiger partial charge in [-0.05, 0) is 36.2 Å². The fourth-order valence-corrected chi connectivity index (χ4v) is 6.22. The van der Waals surface area contributed by atoms with E-state index < -0.39 is 27.8 Å². The van der Waals surface area contributed by atoms with Crippen LogP contribution in [-0.4, -0.2) is 36.8 Å². The fraction of sp³-hybridized carbons (Fsp3) is 0.238. The van der Waals surface area contributed by atoms with Crippen molar-refractivity contribution in [3.8, 4) is 0 Å². The van der Waals surface area contributed by atoms with E-state index in [0.29, 0.717) is 28.0 Å². The molecule has 3 aromatic rings. The maximum Gasteiger partial charge on any atom is 0.291 e. The van der Waals surface area contributed by atoms with Gasteiger partial charge in [0.15, 0.2) is 15.3 Å². The highest BCUT2D eigenvalue weighted by Gasteiger charge is 2.48. The molecular weight excluding hydrogens is 414 g/mol. The number of carbonyl (C=O) groups excluding carboxylic acids is 1. The second-order valence-corrected chi connectivity index (χ2v) is 10.1. The molecule has 1 aromatic heterocycles. The molecule has 0 saturated carbocycles. The summed E-state index contributed by atoms with van der Waals surface area (Å²) in [6.07, 6.45) is 0.326. The van der Waals surface area contributed by atoms with Crippen molar-refractivity contribution >= 4 is 38.3 Å². The first-order chi connectivity index (χ1) is 13.9. The molecule has 3 heterocycles. The van der Waals surface area contributed by atoms with Gasteiger partial charge in [0.25, 0.3) is 5.91 Å². The van der Waals surface area contributed by atoms with E-state index in [1.807, 2.05) is 0 Å². The Morgan fingerprint density at radius 2 is 1.86 bits per heavy atom. The van der Waals surface area contributed by atoms with Crippen molar-refractivity contribution in [3.63, 3.8) is 0 Å². The largest absolute Gasteiger partial charge is 0.450 e. The number of hydrogen-bond donors (Lipinski definition) is 0. The number of hydrogen-bond acceptors (Lipinski definition) is 5. The summed E-state index contributed by atoms with van der Waals surface area (Å²) in [5.74, 6) is -0.598. The first kappa shape index (κ1) is 18.4. The Morgan fingerprint density at radius 3 is 2.59 bits per heavy atom. The molecule has 1 fully saturated rings. The van der Waals surface area contributed by atoms with E-state index in [1.54, 1.807) is 48.5 Å². The number of benzene rings is 2. The minimum atomic E-state index is -3.23. The molecule has 0 N–H and O–H groups in total. The van der Waals surface area contributed by atoms with Crippen LogP contribution in [0, 0.1) is 0 Å². The van der Waals surface area contributed by atoms with Gasteiger partial charge in [0.1, 0.15) is 5.58 Å². The van der Waals surface area contributed by atoms with Crippen molar-refractivity contribution in [2.24, 2.45) is 0 Å². The Balaban J connectivity index is 1.77. The van der Waals surface area contributed by atoms with Crippen LogP contribution in [0.1, 0.15) is 34.1 Å². The van der Waals surface area contributed by atoms with Gasteiger partial charge >= 0.3 is 0 Å². The number of sulfone groups is 1. The highest BCUT2D eigenvalue weighted by atomic mass is 35.5. The number of nitrogens with zero attached hydrogens (tertiary/aromatic N) is 1. The number of fused-ring (bicyclic) bond motifs is 2. The molecule has 2 atom stereocenters. The first-order valence-corrected chi connectivity index (χ1v) is 11.4. The van der Waals surface area contributed by atoms with E-state index in [9.17, 15) is 18.0 Å². The van der Waals surface area contributed by atoms with Crippen molar-refractivity contribution in [3.05, 3.63) is 80.7 Å². The first-order valence-electron chi connectivity index (χ1n) is 9.20. The van der Waals surface area contributed by atoms with Gasteiger partial charge < -0.3 is 9.32 Å². The van der Waals surface area contributed by atoms with Crippen LogP contribution in [0.4, 0.5) is 0 Å². The lowest BCUT2D eigenvalue weighted by molar-refractivity contribution is 0.0662. The third kappa shape index (κ3) is 2.88. The number of para-hydroxylation sites is 1. The van der Waals surface area contributed by atoms with Gasteiger partial charge in [-0.3, -0.25) is 9.59 Å². The summed E-state index contributed by atoms with van der Waals surface area (Å²) in [6, 6.07) is 12.4. The van der Waals surface area contributed by atoms with Crippen LogP contribution in [0.15, 0.2) is 57.7 Å². The van der Waals surface area contributed by atoms with Gasteiger partial charge in [0.05, 0.1) is 28.5 Å². The van der Waals surface area contributed by atoms with E-state index in [0.717, 1.165) is 0 Å². The van der Waals surface area contributed by atoms with Crippen LogP contribution in [0.3, 0.4) is 0 Å². The van der Waals surface area contributed by atoms with Crippen LogP contribution in [0.25, 0.3) is 11.0 Å². The van der Waals surface area contributed by atoms with Crippen LogP contribution in [0.2, 0.25) is 5.02 Å². The fourth-order valence-electron chi connectivity index (χ4n) is 4.31. The van der Waals surface area contributed by atoms with Gasteiger partial charge in [0, 0.05) is 11.1 Å². The lowest BCUT2D eigenvalue weighted by Gasteiger charge is -2.30. The highest BCUT2D eigenvalue weighted by molar-refractivity contribution is 7.91. The third-order valence-corrected chi connectivity index (χ3v) is 7.56. The molecule has 5 rings (SSSR count). The second kappa shape index (κ2) is 6.43. The molecule has 0 bridgehead atoms. The molecule has 2 aromatic carbocycles. The van der Waals surface area contributed by atoms with Gasteiger partial charge in [-0.15, -0.1) is 0 Å². The monoisotopic (exact) mass is 429 g/mol. The summed E-state index contributed by atoms with van der Waals surface area (Å²) in [4.78, 5) is 28.1. The predicted molar refractivity (Wildman–Crippen MR) is 109 cm³/mol. The van der Waals surface area contributed by atoms with Crippen LogP contribution >= 0.6 is 11.6 Å². The zero-order valence-corrected chi connectivity index (χ0v) is 16.7. The molecule has 2 unspecified atom stereocenters. The second-order valence-electron chi connectivity index (χ2n) is 7.40. The standard InChI is InChI=1S/C21H16ClNO5S/c22-13-5-3-4-12(10-13)18-17-19(24)15-6-1-2-7-16(15)28-20(17)21(25)23(18)14-8-9-29(26,27)11-14/h1-7,10,14,18H,8-9,11H2. The normalized spacial score (nSPS) is 22.9. The number of amides is 1. The average molecular weight is 430 g/mol. The zero-order chi connectivity index (χ0) is 20.3. The maximum absolute atomic E-state index is 13.3. The third-order valence-electron chi connectivity index (χ3n) is 5.58. The van der Waals surface area contributed by atoms with Crippen molar-refractivity contribution in [2.75, 3.05) is 11.5 Å². The summed E-state index contributed by atoms with van der Waals surface area (Å²) in [7, 11) is -3.23. The molecule has 8 heteroatoms. The minimum Gasteiger partial charge on any atom is -0.450 e. The van der Waals surface area contributed by atoms with E-state index in [4.69, 9.17) is 16.0 Å². The molecule has 2 aliphatic rings. The summed E-state index contributed by atoms with van der Waals surface area (Å²) in [5, 5.41) is 0.847. The molecule has 6 nitrogen and oxygen atoms in total. The van der Waals surface area contributed by atoms with Crippen molar-refractivity contribution in [1.82, 2.24) is 4.90 Å². The smallest absolute Gasteiger partial charge is 0.291 e. The summed E-state index contributed by atoms with van der Waals surface area (Å²) in [5.41, 5.74) is 0.926. The molecule has 0 spiro atoms.